The maximum absolute atomic E-state index is 10.7. The molecule has 0 fully saturated rings. The minimum atomic E-state index is -0.488. The van der Waals surface area contributed by atoms with E-state index in [1.165, 1.54) is 5.56 Å². The first-order valence-corrected chi connectivity index (χ1v) is 8.08. The Balaban J connectivity index is 1.63. The third-order valence-corrected chi connectivity index (χ3v) is 4.54. The number of benzene rings is 2. The highest BCUT2D eigenvalue weighted by Crippen LogP contribution is 2.34. The van der Waals surface area contributed by atoms with Crippen LogP contribution in [0.15, 0.2) is 53.6 Å². The molecule has 0 saturated carbocycles. The summed E-state index contributed by atoms with van der Waals surface area (Å²) in [5.41, 5.74) is 11.6. The molecule has 0 radical (unpaired) electrons. The Morgan fingerprint density at radius 1 is 1.22 bits per heavy atom. The first kappa shape index (κ1) is 15.4. The molecule has 6 heteroatoms. The summed E-state index contributed by atoms with van der Waals surface area (Å²) < 4.78 is 5.26. The van der Waals surface area contributed by atoms with Crippen molar-refractivity contribution in [1.29, 1.82) is 0 Å². The fraction of sp³-hybridized carbons (Fsp3) is 0.176. The first-order chi connectivity index (χ1) is 11.1. The van der Waals surface area contributed by atoms with Gasteiger partial charge in [-0.3, -0.25) is 10.2 Å². The van der Waals surface area contributed by atoms with E-state index in [1.54, 1.807) is 11.8 Å². The van der Waals surface area contributed by atoms with Crippen LogP contribution in [0.3, 0.4) is 0 Å². The summed E-state index contributed by atoms with van der Waals surface area (Å²) in [6.07, 6.45) is 0. The van der Waals surface area contributed by atoms with E-state index >= 15 is 0 Å². The molecule has 0 aromatic heterocycles. The van der Waals surface area contributed by atoms with Gasteiger partial charge in [0.15, 0.2) is 6.61 Å². The van der Waals surface area contributed by atoms with Gasteiger partial charge in [-0.2, -0.15) is 5.10 Å². The van der Waals surface area contributed by atoms with Gasteiger partial charge in [-0.05, 0) is 24.6 Å². The van der Waals surface area contributed by atoms with Crippen LogP contribution in [0.5, 0.6) is 5.75 Å². The summed E-state index contributed by atoms with van der Waals surface area (Å²) in [4.78, 5) is 10.7. The van der Waals surface area contributed by atoms with E-state index in [9.17, 15) is 4.79 Å². The lowest BCUT2D eigenvalue weighted by Crippen LogP contribution is -2.20. The van der Waals surface area contributed by atoms with Gasteiger partial charge in [-0.15, -0.1) is 0 Å². The molecule has 1 aliphatic heterocycles. The average Bonchev–Trinajstić information content (AvgIpc) is 3.04. The van der Waals surface area contributed by atoms with Crippen molar-refractivity contribution in [2.45, 2.75) is 12.3 Å². The van der Waals surface area contributed by atoms with E-state index < -0.39 is 5.91 Å². The number of carbonyl (C=O) groups is 1. The highest BCUT2D eigenvalue weighted by Gasteiger charge is 2.21. The maximum Gasteiger partial charge on any atom is 0.255 e. The van der Waals surface area contributed by atoms with Crippen LogP contribution in [0, 0.1) is 6.92 Å². The van der Waals surface area contributed by atoms with Gasteiger partial charge in [0, 0.05) is 5.56 Å². The standard InChI is InChI=1S/C17H17N3O2S/c1-11-2-4-12(5-3-11)16-19-20-17(23-16)13-6-8-14(9-7-13)22-10-15(18)21/h2-9,17,20H,10H2,1H3,(H2,18,21). The van der Waals surface area contributed by atoms with E-state index in [1.807, 2.05) is 24.3 Å². The number of amides is 1. The Hall–Kier alpha value is -2.47. The fourth-order valence-electron chi connectivity index (χ4n) is 2.15. The first-order valence-electron chi connectivity index (χ1n) is 7.20. The van der Waals surface area contributed by atoms with E-state index in [4.69, 9.17) is 10.5 Å². The van der Waals surface area contributed by atoms with Crippen LogP contribution in [0.1, 0.15) is 22.1 Å². The highest BCUT2D eigenvalue weighted by molar-refractivity contribution is 8.14. The fourth-order valence-corrected chi connectivity index (χ4v) is 3.15. The van der Waals surface area contributed by atoms with E-state index in [0.29, 0.717) is 5.75 Å². The topological polar surface area (TPSA) is 76.7 Å². The maximum atomic E-state index is 10.7. The third kappa shape index (κ3) is 3.84. The number of nitrogens with zero attached hydrogens (tertiary/aromatic N) is 1. The zero-order valence-electron chi connectivity index (χ0n) is 12.7. The number of aryl methyl sites for hydroxylation is 1. The molecule has 118 valence electrons. The monoisotopic (exact) mass is 327 g/mol. The smallest absolute Gasteiger partial charge is 0.255 e. The van der Waals surface area contributed by atoms with Gasteiger partial charge >= 0.3 is 0 Å². The van der Waals surface area contributed by atoms with E-state index in [2.05, 4.69) is 41.7 Å². The Labute approximate surface area is 138 Å². The lowest BCUT2D eigenvalue weighted by molar-refractivity contribution is -0.119. The van der Waals surface area contributed by atoms with Crippen LogP contribution in [0.2, 0.25) is 0 Å². The largest absolute Gasteiger partial charge is 0.484 e. The third-order valence-electron chi connectivity index (χ3n) is 3.38. The number of rotatable bonds is 5. The van der Waals surface area contributed by atoms with Crippen molar-refractivity contribution in [3.63, 3.8) is 0 Å². The summed E-state index contributed by atoms with van der Waals surface area (Å²) in [5.74, 6) is 0.133. The molecule has 23 heavy (non-hydrogen) atoms. The van der Waals surface area contributed by atoms with Crippen LogP contribution in [0.25, 0.3) is 0 Å². The van der Waals surface area contributed by atoms with Crippen molar-refractivity contribution < 1.29 is 9.53 Å². The number of hydrazone groups is 1. The molecule has 1 aliphatic rings. The molecule has 1 heterocycles. The van der Waals surface area contributed by atoms with Crippen molar-refractivity contribution in [3.05, 3.63) is 65.2 Å². The van der Waals surface area contributed by atoms with Gasteiger partial charge in [-0.25, -0.2) is 0 Å². The van der Waals surface area contributed by atoms with Crippen LogP contribution in [-0.4, -0.2) is 17.6 Å². The quantitative estimate of drug-likeness (QED) is 0.885. The molecular formula is C17H17N3O2S. The summed E-state index contributed by atoms with van der Waals surface area (Å²) in [7, 11) is 0. The summed E-state index contributed by atoms with van der Waals surface area (Å²) in [6, 6.07) is 15.9. The second-order valence-corrected chi connectivity index (χ2v) is 6.33. The average molecular weight is 327 g/mol. The molecule has 0 saturated heterocycles. The molecule has 2 aromatic carbocycles. The Morgan fingerprint density at radius 3 is 2.57 bits per heavy atom. The number of carbonyl (C=O) groups excluding carboxylic acids is 1. The molecule has 3 rings (SSSR count). The van der Waals surface area contributed by atoms with Crippen LogP contribution >= 0.6 is 11.8 Å². The van der Waals surface area contributed by atoms with Gasteiger partial charge in [0.2, 0.25) is 0 Å². The predicted octanol–water partition coefficient (Wildman–Crippen LogP) is 2.56. The van der Waals surface area contributed by atoms with Gasteiger partial charge in [0.1, 0.15) is 16.2 Å². The zero-order valence-corrected chi connectivity index (χ0v) is 13.5. The van der Waals surface area contributed by atoms with E-state index in [0.717, 1.165) is 16.2 Å². The molecule has 0 aliphatic carbocycles. The molecule has 2 aromatic rings. The van der Waals surface area contributed by atoms with Gasteiger partial charge < -0.3 is 10.5 Å². The molecular weight excluding hydrogens is 310 g/mol. The molecule has 1 amide bonds. The predicted molar refractivity (Wildman–Crippen MR) is 92.3 cm³/mol. The zero-order chi connectivity index (χ0) is 16.2. The number of nitrogens with two attached hydrogens (primary N) is 1. The van der Waals surface area contributed by atoms with Crippen molar-refractivity contribution in [1.82, 2.24) is 5.43 Å². The second-order valence-electron chi connectivity index (χ2n) is 5.23. The van der Waals surface area contributed by atoms with Gasteiger partial charge in [0.05, 0.1) is 0 Å². The van der Waals surface area contributed by atoms with Crippen molar-refractivity contribution >= 4 is 22.7 Å². The minimum Gasteiger partial charge on any atom is -0.484 e. The van der Waals surface area contributed by atoms with Crippen molar-refractivity contribution in [2.75, 3.05) is 6.61 Å². The summed E-state index contributed by atoms with van der Waals surface area (Å²) >= 11 is 1.67. The number of primary amides is 1. The van der Waals surface area contributed by atoms with Gasteiger partial charge in [0.25, 0.3) is 5.91 Å². The number of thioether (sulfide) groups is 1. The minimum absolute atomic E-state index is 0.0662. The molecule has 0 spiro atoms. The van der Waals surface area contributed by atoms with Crippen LogP contribution < -0.4 is 15.9 Å². The second kappa shape index (κ2) is 6.75. The summed E-state index contributed by atoms with van der Waals surface area (Å²) in [5, 5.41) is 5.45. The molecule has 1 unspecified atom stereocenters. The number of ether oxygens (including phenoxy) is 1. The van der Waals surface area contributed by atoms with Crippen LogP contribution in [0.4, 0.5) is 0 Å². The number of hydrogen-bond acceptors (Lipinski definition) is 5. The molecule has 5 nitrogen and oxygen atoms in total. The number of nitrogens with one attached hydrogen (secondary N) is 1. The normalized spacial score (nSPS) is 16.6. The lowest BCUT2D eigenvalue weighted by Gasteiger charge is -2.10. The Morgan fingerprint density at radius 2 is 1.91 bits per heavy atom. The van der Waals surface area contributed by atoms with Crippen molar-refractivity contribution in [2.24, 2.45) is 10.8 Å². The number of hydrogen-bond donors (Lipinski definition) is 2. The molecule has 3 N–H and O–H groups in total. The lowest BCUT2D eigenvalue weighted by atomic mass is 10.2. The van der Waals surface area contributed by atoms with Crippen LogP contribution in [-0.2, 0) is 4.79 Å². The Kier molecular flexibility index (Phi) is 4.52. The Bertz CT molecular complexity index is 727. The summed E-state index contributed by atoms with van der Waals surface area (Å²) in [6.45, 7) is 1.95. The van der Waals surface area contributed by atoms with Gasteiger partial charge in [-0.1, -0.05) is 53.7 Å². The van der Waals surface area contributed by atoms with Crippen molar-refractivity contribution in [3.8, 4) is 5.75 Å². The molecule has 0 bridgehead atoms. The SMILES string of the molecule is Cc1ccc(C2=NNC(c3ccc(OCC(N)=O)cc3)S2)cc1. The highest BCUT2D eigenvalue weighted by atomic mass is 32.2. The van der Waals surface area contributed by atoms with E-state index in [-0.39, 0.29) is 12.0 Å². The molecule has 1 atom stereocenters.